The van der Waals surface area contributed by atoms with Crippen molar-refractivity contribution >= 4 is 12.0 Å². The number of hydrogen-bond donors (Lipinski definition) is 0. The molecule has 0 N–H and O–H groups in total. The summed E-state index contributed by atoms with van der Waals surface area (Å²) in [6.07, 6.45) is 6.43. The van der Waals surface area contributed by atoms with Crippen molar-refractivity contribution in [2.45, 2.75) is 0 Å². The fourth-order valence-electron chi connectivity index (χ4n) is 0.747. The first-order valence-corrected chi connectivity index (χ1v) is 3.52. The molecule has 0 fully saturated rings. The largest absolute Gasteiger partial charge is 0.377 e. The third-order valence-corrected chi connectivity index (χ3v) is 1.29. The number of carbonyl (C=O) groups excluding carboxylic acids is 1. The maximum absolute atomic E-state index is 11.2. The number of ketones is 1. The molecule has 0 aromatic carbocycles. The van der Waals surface area contributed by atoms with E-state index in [2.05, 4.69) is 10.7 Å². The molecule has 0 aromatic rings. The van der Waals surface area contributed by atoms with E-state index >= 15 is 0 Å². The Morgan fingerprint density at radius 2 is 2.58 bits per heavy atom. The summed E-state index contributed by atoms with van der Waals surface area (Å²) in [5.74, 6) is -0.110. The van der Waals surface area contributed by atoms with Gasteiger partial charge in [0.25, 0.3) is 0 Å². The first kappa shape index (κ1) is 8.65. The predicted molar refractivity (Wildman–Crippen MR) is 46.1 cm³/mol. The lowest BCUT2D eigenvalue weighted by molar-refractivity contribution is -0.118. The van der Waals surface area contributed by atoms with E-state index in [1.807, 2.05) is 0 Å². The van der Waals surface area contributed by atoms with Gasteiger partial charge in [0.15, 0.2) is 5.78 Å². The number of rotatable bonds is 3. The molecular formula is C9H9NO2. The van der Waals surface area contributed by atoms with Crippen LogP contribution in [0, 0.1) is 0 Å². The molecule has 0 radical (unpaired) electrons. The SMILES string of the molecule is COCC(=O)C1=C=CC=CN=C1. The van der Waals surface area contributed by atoms with Crippen molar-refractivity contribution in [1.29, 1.82) is 0 Å². The number of aliphatic imine (C=N–C) groups is 1. The summed E-state index contributed by atoms with van der Waals surface area (Å²) in [7, 11) is 1.48. The van der Waals surface area contributed by atoms with Crippen molar-refractivity contribution in [2.24, 2.45) is 4.99 Å². The van der Waals surface area contributed by atoms with Gasteiger partial charge in [-0.25, -0.2) is 0 Å². The Balaban J connectivity index is 2.75. The number of carbonyl (C=O) groups is 1. The van der Waals surface area contributed by atoms with Crippen LogP contribution < -0.4 is 0 Å². The molecule has 0 amide bonds. The third kappa shape index (κ3) is 2.31. The van der Waals surface area contributed by atoms with Crippen LogP contribution in [0.5, 0.6) is 0 Å². The summed E-state index contributed by atoms with van der Waals surface area (Å²) in [6, 6.07) is 0. The van der Waals surface area contributed by atoms with Gasteiger partial charge < -0.3 is 4.74 Å². The van der Waals surface area contributed by atoms with Gasteiger partial charge in [-0.1, -0.05) is 0 Å². The molecule has 62 valence electrons. The first-order valence-electron chi connectivity index (χ1n) is 3.52. The maximum atomic E-state index is 11.2. The number of methoxy groups -OCH3 is 1. The molecular weight excluding hydrogens is 154 g/mol. The second-order valence-electron chi connectivity index (χ2n) is 2.20. The van der Waals surface area contributed by atoms with Gasteiger partial charge in [0.2, 0.25) is 0 Å². The van der Waals surface area contributed by atoms with Crippen molar-refractivity contribution in [3.63, 3.8) is 0 Å². The fraction of sp³-hybridized carbons (Fsp3) is 0.222. The van der Waals surface area contributed by atoms with Crippen LogP contribution in [0.3, 0.4) is 0 Å². The Hall–Kier alpha value is -1.44. The fourth-order valence-corrected chi connectivity index (χ4v) is 0.747. The molecule has 12 heavy (non-hydrogen) atoms. The van der Waals surface area contributed by atoms with E-state index < -0.39 is 0 Å². The highest BCUT2D eigenvalue weighted by molar-refractivity contribution is 6.13. The van der Waals surface area contributed by atoms with E-state index in [9.17, 15) is 4.79 Å². The second kappa shape index (κ2) is 4.44. The zero-order valence-electron chi connectivity index (χ0n) is 6.78. The molecule has 1 rings (SSSR count). The highest BCUT2D eigenvalue weighted by Crippen LogP contribution is 1.95. The van der Waals surface area contributed by atoms with Crippen molar-refractivity contribution < 1.29 is 9.53 Å². The quantitative estimate of drug-likeness (QED) is 0.579. The van der Waals surface area contributed by atoms with E-state index in [0.29, 0.717) is 5.57 Å². The zero-order chi connectivity index (χ0) is 8.81. The van der Waals surface area contributed by atoms with Gasteiger partial charge in [-0.15, -0.1) is 5.73 Å². The number of nitrogens with zero attached hydrogens (tertiary/aromatic N) is 1. The summed E-state index contributed by atoms with van der Waals surface area (Å²) in [5, 5.41) is 0. The van der Waals surface area contributed by atoms with Crippen LogP contribution in [0.25, 0.3) is 0 Å². The van der Waals surface area contributed by atoms with Crippen LogP contribution in [-0.4, -0.2) is 25.7 Å². The third-order valence-electron chi connectivity index (χ3n) is 1.29. The van der Waals surface area contributed by atoms with Gasteiger partial charge in [0.05, 0.1) is 5.57 Å². The smallest absolute Gasteiger partial charge is 0.197 e. The predicted octanol–water partition coefficient (Wildman–Crippen LogP) is 0.882. The van der Waals surface area contributed by atoms with Crippen molar-refractivity contribution in [1.82, 2.24) is 0 Å². The van der Waals surface area contributed by atoms with E-state index in [1.54, 1.807) is 18.4 Å². The normalized spacial score (nSPS) is 14.2. The van der Waals surface area contributed by atoms with Gasteiger partial charge >= 0.3 is 0 Å². The van der Waals surface area contributed by atoms with Crippen LogP contribution in [-0.2, 0) is 9.53 Å². The van der Waals surface area contributed by atoms with E-state index in [1.165, 1.54) is 13.3 Å². The zero-order valence-corrected chi connectivity index (χ0v) is 6.78. The lowest BCUT2D eigenvalue weighted by Gasteiger charge is -1.94. The number of Topliss-reactive ketones (excluding diaryl/α,β-unsaturated/α-hetero) is 1. The van der Waals surface area contributed by atoms with Crippen LogP contribution in [0.4, 0.5) is 0 Å². The van der Waals surface area contributed by atoms with Crippen molar-refractivity contribution in [3.05, 3.63) is 29.7 Å². The molecule has 3 nitrogen and oxygen atoms in total. The molecule has 1 heterocycles. The lowest BCUT2D eigenvalue weighted by Crippen LogP contribution is -2.09. The molecule has 0 saturated heterocycles. The van der Waals surface area contributed by atoms with E-state index in [-0.39, 0.29) is 12.4 Å². The minimum absolute atomic E-state index is 0.0716. The Morgan fingerprint density at radius 1 is 1.75 bits per heavy atom. The summed E-state index contributed by atoms with van der Waals surface area (Å²) in [4.78, 5) is 15.0. The first-order chi connectivity index (χ1) is 5.84. The molecule has 1 aliphatic heterocycles. The van der Waals surface area contributed by atoms with E-state index in [4.69, 9.17) is 4.74 Å². The summed E-state index contributed by atoms with van der Waals surface area (Å²) in [5.41, 5.74) is 3.24. The molecule has 0 aliphatic carbocycles. The summed E-state index contributed by atoms with van der Waals surface area (Å²) in [6.45, 7) is 0.0716. The molecule has 0 spiro atoms. The van der Waals surface area contributed by atoms with Gasteiger partial charge in [0.1, 0.15) is 6.61 Å². The lowest BCUT2D eigenvalue weighted by atomic mass is 10.2. The Morgan fingerprint density at radius 3 is 3.33 bits per heavy atom. The minimum atomic E-state index is -0.110. The van der Waals surface area contributed by atoms with Crippen LogP contribution in [0.15, 0.2) is 34.6 Å². The monoisotopic (exact) mass is 163 g/mol. The van der Waals surface area contributed by atoms with Crippen molar-refractivity contribution in [2.75, 3.05) is 13.7 Å². The number of allylic oxidation sites excluding steroid dienone is 1. The van der Waals surface area contributed by atoms with Crippen LogP contribution in [0.1, 0.15) is 0 Å². The highest BCUT2D eigenvalue weighted by atomic mass is 16.5. The van der Waals surface area contributed by atoms with Gasteiger partial charge in [0, 0.05) is 19.5 Å². The molecule has 0 bridgehead atoms. The summed E-state index contributed by atoms with van der Waals surface area (Å²) >= 11 is 0. The Bertz CT molecular complexity index is 294. The Labute approximate surface area is 70.8 Å². The molecule has 0 atom stereocenters. The van der Waals surface area contributed by atoms with Crippen molar-refractivity contribution in [3.8, 4) is 0 Å². The highest BCUT2D eigenvalue weighted by Gasteiger charge is 2.05. The minimum Gasteiger partial charge on any atom is -0.377 e. The maximum Gasteiger partial charge on any atom is 0.197 e. The van der Waals surface area contributed by atoms with Crippen LogP contribution >= 0.6 is 0 Å². The van der Waals surface area contributed by atoms with Gasteiger partial charge in [-0.3, -0.25) is 9.79 Å². The molecule has 0 saturated carbocycles. The second-order valence-corrected chi connectivity index (χ2v) is 2.20. The topological polar surface area (TPSA) is 38.7 Å². The molecule has 0 aromatic heterocycles. The average Bonchev–Trinajstić information content (AvgIpc) is 2.32. The Kier molecular flexibility index (Phi) is 3.20. The molecule has 0 unspecified atom stereocenters. The number of ether oxygens (including phenoxy) is 1. The van der Waals surface area contributed by atoms with Crippen LogP contribution in [0.2, 0.25) is 0 Å². The molecule has 3 heteroatoms. The van der Waals surface area contributed by atoms with E-state index in [0.717, 1.165) is 0 Å². The average molecular weight is 163 g/mol. The number of hydrogen-bond acceptors (Lipinski definition) is 3. The van der Waals surface area contributed by atoms with Gasteiger partial charge in [-0.05, 0) is 12.2 Å². The standard InChI is InChI=1S/C9H9NO2/c1-12-7-9(11)8-4-2-3-5-10-6-8/h2-3,5-6H,7H2,1H3. The van der Waals surface area contributed by atoms with Gasteiger partial charge in [-0.2, -0.15) is 0 Å². The summed E-state index contributed by atoms with van der Waals surface area (Å²) < 4.78 is 4.69. The molecule has 1 aliphatic rings.